The van der Waals surface area contributed by atoms with Crippen LogP contribution in [0.15, 0.2) is 81.7 Å². The average Bonchev–Trinajstić information content (AvgIpc) is 3.30. The molecule has 1 aliphatic heterocycles. The molecule has 5 rings (SSSR count). The molecule has 44 heavy (non-hydrogen) atoms. The summed E-state index contributed by atoms with van der Waals surface area (Å²) in [6, 6.07) is 16.9. The molecule has 0 spiro atoms. The van der Waals surface area contributed by atoms with Crippen LogP contribution in [-0.2, 0) is 16.1 Å². The minimum atomic E-state index is -0.688. The van der Waals surface area contributed by atoms with Gasteiger partial charge in [0.05, 0.1) is 44.1 Å². The molecule has 10 nitrogen and oxygen atoms in total. The highest BCUT2D eigenvalue weighted by Gasteiger charge is 2.33. The third-order valence-corrected chi connectivity index (χ3v) is 8.75. The van der Waals surface area contributed by atoms with E-state index >= 15 is 0 Å². The van der Waals surface area contributed by atoms with E-state index in [1.165, 1.54) is 30.6 Å². The molecule has 226 valence electrons. The maximum atomic E-state index is 13.9. The van der Waals surface area contributed by atoms with Gasteiger partial charge in [-0.2, -0.15) is 0 Å². The number of carbonyl (C=O) groups is 1. The van der Waals surface area contributed by atoms with Crippen molar-refractivity contribution in [2.45, 2.75) is 33.4 Å². The number of nitrogens with zero attached hydrogens (tertiary/aromatic N) is 3. The third-order valence-electron chi connectivity index (χ3n) is 6.96. The van der Waals surface area contributed by atoms with Crippen LogP contribution in [0.1, 0.15) is 42.1 Å². The van der Waals surface area contributed by atoms with E-state index in [2.05, 4.69) is 27.6 Å². The van der Waals surface area contributed by atoms with E-state index in [1.807, 2.05) is 37.3 Å². The van der Waals surface area contributed by atoms with E-state index in [1.54, 1.807) is 42.7 Å². The lowest BCUT2D eigenvalue weighted by molar-refractivity contribution is -0.384. The van der Waals surface area contributed by atoms with Crippen molar-refractivity contribution in [3.8, 4) is 11.5 Å². The molecule has 0 N–H and O–H groups in total. The lowest BCUT2D eigenvalue weighted by Gasteiger charge is -2.24. The predicted molar refractivity (Wildman–Crippen MR) is 175 cm³/mol. The Balaban J connectivity index is 1.55. The molecule has 0 unspecified atom stereocenters. The van der Waals surface area contributed by atoms with Gasteiger partial charge in [0.1, 0.15) is 6.61 Å². The first-order chi connectivity index (χ1) is 21.1. The monoisotopic (exact) mass is 725 g/mol. The maximum absolute atomic E-state index is 13.9. The lowest BCUT2D eigenvalue weighted by Crippen LogP contribution is -2.39. The van der Waals surface area contributed by atoms with Crippen molar-refractivity contribution in [3.63, 3.8) is 0 Å². The van der Waals surface area contributed by atoms with Crippen LogP contribution >= 0.6 is 33.9 Å². The molecule has 1 aromatic heterocycles. The van der Waals surface area contributed by atoms with Crippen molar-refractivity contribution >= 4 is 51.7 Å². The fraction of sp³-hybridized carbons (Fsp3) is 0.219. The molecule has 1 aliphatic rings. The fourth-order valence-corrected chi connectivity index (χ4v) is 6.71. The lowest BCUT2D eigenvalue weighted by atomic mass is 9.95. The van der Waals surface area contributed by atoms with Crippen LogP contribution in [0.5, 0.6) is 11.5 Å². The zero-order valence-electron chi connectivity index (χ0n) is 24.3. The smallest absolute Gasteiger partial charge is 0.338 e. The van der Waals surface area contributed by atoms with Gasteiger partial charge in [0.15, 0.2) is 16.3 Å². The number of ether oxygens (including phenoxy) is 3. The van der Waals surface area contributed by atoms with E-state index < -0.39 is 16.9 Å². The summed E-state index contributed by atoms with van der Waals surface area (Å²) < 4.78 is 19.7. The summed E-state index contributed by atoms with van der Waals surface area (Å²) in [7, 11) is 1.52. The van der Waals surface area contributed by atoms with E-state index in [9.17, 15) is 19.7 Å². The second-order valence-corrected chi connectivity index (χ2v) is 12.1. The predicted octanol–water partition coefficient (Wildman–Crippen LogP) is 5.21. The summed E-state index contributed by atoms with van der Waals surface area (Å²) in [6.45, 7) is 5.77. The van der Waals surface area contributed by atoms with Gasteiger partial charge in [-0.3, -0.25) is 19.5 Å². The van der Waals surface area contributed by atoms with Gasteiger partial charge in [-0.1, -0.05) is 53.3 Å². The summed E-state index contributed by atoms with van der Waals surface area (Å²) in [5, 5.41) is 11.1. The number of rotatable bonds is 9. The number of fused-ring (bicyclic) bond motifs is 1. The topological polar surface area (TPSA) is 122 Å². The van der Waals surface area contributed by atoms with Gasteiger partial charge in [0, 0.05) is 12.1 Å². The zero-order chi connectivity index (χ0) is 31.5. The Kier molecular flexibility index (Phi) is 9.30. The van der Waals surface area contributed by atoms with Crippen molar-refractivity contribution in [1.29, 1.82) is 0 Å². The van der Waals surface area contributed by atoms with E-state index in [4.69, 9.17) is 14.2 Å². The number of non-ortho nitro benzene ring substituents is 1. The van der Waals surface area contributed by atoms with Gasteiger partial charge in [0.25, 0.3) is 11.2 Å². The second kappa shape index (κ2) is 13.1. The molecule has 0 amide bonds. The first kappa shape index (κ1) is 31.1. The van der Waals surface area contributed by atoms with Gasteiger partial charge in [0.2, 0.25) is 0 Å². The maximum Gasteiger partial charge on any atom is 0.338 e. The first-order valence-electron chi connectivity index (χ1n) is 13.6. The van der Waals surface area contributed by atoms with Crippen LogP contribution < -0.4 is 24.4 Å². The van der Waals surface area contributed by atoms with E-state index in [0.29, 0.717) is 43.2 Å². The molecule has 4 aromatic rings. The summed E-state index contributed by atoms with van der Waals surface area (Å²) in [5.41, 5.74) is 3.71. The molecule has 2 heterocycles. The highest BCUT2D eigenvalue weighted by molar-refractivity contribution is 14.1. The largest absolute Gasteiger partial charge is 0.493 e. The Labute approximate surface area is 270 Å². The quantitative estimate of drug-likeness (QED) is 0.101. The molecule has 0 bridgehead atoms. The Hall–Kier alpha value is -4.30. The summed E-state index contributed by atoms with van der Waals surface area (Å²) >= 11 is 3.36. The van der Waals surface area contributed by atoms with Gasteiger partial charge >= 0.3 is 5.97 Å². The van der Waals surface area contributed by atoms with Crippen LogP contribution in [0.2, 0.25) is 0 Å². The molecular weight excluding hydrogens is 697 g/mol. The van der Waals surface area contributed by atoms with Crippen LogP contribution in [0.4, 0.5) is 5.69 Å². The Morgan fingerprint density at radius 2 is 1.91 bits per heavy atom. The number of aryl methyl sites for hydroxylation is 1. The Bertz CT molecular complexity index is 1980. The van der Waals surface area contributed by atoms with Crippen LogP contribution in [0, 0.1) is 20.6 Å². The highest BCUT2D eigenvalue weighted by atomic mass is 127. The zero-order valence-corrected chi connectivity index (χ0v) is 27.3. The molecule has 0 aliphatic carbocycles. The van der Waals surface area contributed by atoms with E-state index in [-0.39, 0.29) is 24.5 Å². The van der Waals surface area contributed by atoms with Crippen LogP contribution in [0.3, 0.4) is 0 Å². The molecule has 0 radical (unpaired) electrons. The number of benzene rings is 3. The third kappa shape index (κ3) is 6.31. The standard InChI is InChI=1S/C32H28IN3O7S/c1-5-42-31(38)27-19(3)34-32-35(28(27)22-11-9-18(2)10-12-22)30(37)26(44-32)16-21-14-24(33)29(25(15-21)41-4)43-17-20-7-6-8-23(13-20)36(39)40/h6-16,28H,5,17H2,1-4H3/b26-16+/t28-/m1/s1. The number of hydrogen-bond donors (Lipinski definition) is 0. The van der Waals surface area contributed by atoms with Gasteiger partial charge in [-0.05, 0) is 78.3 Å². The van der Waals surface area contributed by atoms with E-state index in [0.717, 1.165) is 14.7 Å². The number of carbonyl (C=O) groups excluding carboxylic acids is 1. The van der Waals surface area contributed by atoms with Crippen molar-refractivity contribution in [2.24, 2.45) is 4.99 Å². The number of methoxy groups -OCH3 is 1. The average molecular weight is 726 g/mol. The van der Waals surface area contributed by atoms with Crippen LogP contribution in [-0.4, -0.2) is 29.2 Å². The summed E-state index contributed by atoms with van der Waals surface area (Å²) in [4.78, 5) is 42.8. The van der Waals surface area contributed by atoms with Gasteiger partial charge in [-0.15, -0.1) is 0 Å². The number of esters is 1. The number of thiazole rings is 1. The Morgan fingerprint density at radius 1 is 1.16 bits per heavy atom. The summed E-state index contributed by atoms with van der Waals surface area (Å²) in [5.74, 6) is 0.417. The normalized spacial score (nSPS) is 14.6. The molecule has 1 atom stereocenters. The molecular formula is C32H28IN3O7S. The number of nitro benzene ring substituents is 1. The molecule has 0 fully saturated rings. The first-order valence-corrected chi connectivity index (χ1v) is 15.5. The minimum Gasteiger partial charge on any atom is -0.493 e. The number of hydrogen-bond acceptors (Lipinski definition) is 9. The molecule has 0 saturated carbocycles. The second-order valence-electron chi connectivity index (χ2n) is 9.96. The number of nitro groups is 1. The Morgan fingerprint density at radius 3 is 2.59 bits per heavy atom. The molecule has 12 heteroatoms. The van der Waals surface area contributed by atoms with Crippen molar-refractivity contribution < 1.29 is 23.9 Å². The number of aromatic nitrogens is 1. The van der Waals surface area contributed by atoms with Crippen molar-refractivity contribution in [2.75, 3.05) is 13.7 Å². The molecule has 0 saturated heterocycles. The SMILES string of the molecule is CCOC(=O)C1=C(C)N=c2s/c(=C/c3cc(I)c(OCc4cccc([N+](=O)[O-])c4)c(OC)c3)c(=O)n2[C@@H]1c1ccc(C)cc1. The van der Waals surface area contributed by atoms with Crippen LogP contribution in [0.25, 0.3) is 6.08 Å². The number of halogens is 1. The summed E-state index contributed by atoms with van der Waals surface area (Å²) in [6.07, 6.45) is 1.76. The van der Waals surface area contributed by atoms with Gasteiger partial charge in [-0.25, -0.2) is 9.79 Å². The fourth-order valence-electron chi connectivity index (χ4n) is 4.89. The minimum absolute atomic E-state index is 0.0150. The number of allylic oxidation sites excluding steroid dienone is 1. The van der Waals surface area contributed by atoms with Crippen molar-refractivity contribution in [1.82, 2.24) is 4.57 Å². The van der Waals surface area contributed by atoms with Crippen molar-refractivity contribution in [3.05, 3.63) is 128 Å². The molecule has 3 aromatic carbocycles. The highest BCUT2D eigenvalue weighted by Crippen LogP contribution is 2.35. The van der Waals surface area contributed by atoms with Gasteiger partial charge < -0.3 is 14.2 Å².